The summed E-state index contributed by atoms with van der Waals surface area (Å²) in [7, 11) is 0. The molecule has 0 aromatic heterocycles. The first-order chi connectivity index (χ1) is 21.3. The predicted molar refractivity (Wildman–Crippen MR) is 161 cm³/mol. The Kier molecular flexibility index (Phi) is 8.32. The molecule has 2 saturated heterocycles. The molecule has 11 heteroatoms. The number of amides is 3. The molecule has 2 fully saturated rings. The van der Waals surface area contributed by atoms with Crippen molar-refractivity contribution in [2.45, 2.75) is 49.6 Å². The smallest absolute Gasteiger partial charge is 0.306 e. The molecule has 6 rings (SSSR count). The van der Waals surface area contributed by atoms with Gasteiger partial charge in [0.1, 0.15) is 18.2 Å². The molecule has 2 aromatic carbocycles. The first-order valence-corrected chi connectivity index (χ1v) is 15.2. The van der Waals surface area contributed by atoms with E-state index in [-0.39, 0.29) is 19.6 Å². The van der Waals surface area contributed by atoms with Gasteiger partial charge in [0.05, 0.1) is 47.3 Å². The largest absolute Gasteiger partial charge is 0.463 e. The number of esters is 1. The third-order valence-electron chi connectivity index (χ3n) is 8.89. The van der Waals surface area contributed by atoms with Crippen LogP contribution in [0.2, 0.25) is 5.02 Å². The van der Waals surface area contributed by atoms with Crippen molar-refractivity contribution in [2.75, 3.05) is 24.7 Å². The fraction of sp³-hybridized carbons (Fsp3) is 0.394. The van der Waals surface area contributed by atoms with Crippen molar-refractivity contribution in [3.05, 3.63) is 89.5 Å². The molecule has 4 aliphatic rings. The molecule has 4 heterocycles. The van der Waals surface area contributed by atoms with E-state index in [9.17, 15) is 24.3 Å². The molecule has 0 radical (unpaired) electrons. The second-order valence-corrected chi connectivity index (χ2v) is 12.0. The van der Waals surface area contributed by atoms with E-state index in [0.29, 0.717) is 17.1 Å². The van der Waals surface area contributed by atoms with Gasteiger partial charge in [-0.2, -0.15) is 0 Å². The quantitative estimate of drug-likeness (QED) is 0.398. The average Bonchev–Trinajstić information content (AvgIpc) is 3.42. The van der Waals surface area contributed by atoms with Crippen LogP contribution in [0.5, 0.6) is 0 Å². The molecular weight excluding hydrogens is 586 g/mol. The number of hydrogen-bond acceptors (Lipinski definition) is 7. The van der Waals surface area contributed by atoms with Gasteiger partial charge >= 0.3 is 5.97 Å². The number of aliphatic hydroxyl groups is 1. The van der Waals surface area contributed by atoms with Gasteiger partial charge in [-0.1, -0.05) is 78.4 Å². The number of nitrogens with one attached hydrogen (secondary N) is 1. The van der Waals surface area contributed by atoms with E-state index in [1.807, 2.05) is 30.3 Å². The normalized spacial score (nSPS) is 31.9. The number of ether oxygens (including phenoxy) is 2. The van der Waals surface area contributed by atoms with Crippen LogP contribution in [0.15, 0.2) is 78.9 Å². The maximum absolute atomic E-state index is 14.5. The lowest BCUT2D eigenvalue weighted by molar-refractivity contribution is -0.146. The second kappa shape index (κ2) is 12.2. The van der Waals surface area contributed by atoms with Crippen molar-refractivity contribution in [3.8, 4) is 0 Å². The minimum absolute atomic E-state index is 0.0816. The van der Waals surface area contributed by atoms with Gasteiger partial charge in [0.2, 0.25) is 11.8 Å². The highest BCUT2D eigenvalue weighted by Gasteiger charge is 2.72. The second-order valence-electron chi connectivity index (χ2n) is 11.5. The number of fused-ring (bicyclic) bond motifs is 2. The Morgan fingerprint density at radius 2 is 1.80 bits per heavy atom. The number of allylic oxidation sites excluding steroid dienone is 1. The number of rotatable bonds is 4. The van der Waals surface area contributed by atoms with Gasteiger partial charge in [-0.3, -0.25) is 19.2 Å². The fourth-order valence-corrected chi connectivity index (χ4v) is 7.06. The number of nitrogens with zero attached hydrogens (tertiary/aromatic N) is 2. The lowest BCUT2D eigenvalue weighted by Gasteiger charge is -2.37. The minimum atomic E-state index is -1.50. The highest BCUT2D eigenvalue weighted by molar-refractivity contribution is 6.34. The summed E-state index contributed by atoms with van der Waals surface area (Å²) >= 11 is 6.50. The number of anilines is 1. The summed E-state index contributed by atoms with van der Waals surface area (Å²) in [6.07, 6.45) is 6.55. The molecule has 1 spiro atoms. The Hall–Kier alpha value is -3.99. The SMILES string of the molecule is C[C@H](CO)N1C(=O)[C@H]2[C@@H]3C(=O)N[C@@H](c4ccccc4)COC(=O)CC/C=C\[C@@H]3O[C@]23C=CCN(c2ccccc2Cl)C(=O)[C@H]13. The van der Waals surface area contributed by atoms with Gasteiger partial charge < -0.3 is 29.7 Å². The molecule has 2 N–H and O–H groups in total. The van der Waals surface area contributed by atoms with E-state index in [0.717, 1.165) is 5.56 Å². The molecule has 0 saturated carbocycles. The average molecular weight is 620 g/mol. The van der Waals surface area contributed by atoms with Crippen LogP contribution in [0, 0.1) is 11.8 Å². The number of benzene rings is 2. The number of halogens is 1. The standard InChI is InChI=1S/C33H34ClN3O7/c1-20(18-38)37-29-32(42)36(24-13-6-5-12-22(24)34)17-9-16-33(29)28(31(37)41)27-25(44-33)14-7-8-15-26(39)43-19-23(35-30(27)40)21-10-3-2-4-11-21/h2-7,9-14,16,20,23,25,27-29,38H,8,15,17-19H2,1H3,(H,35,40)/b14-7-/t20-,23-,25+,27-,28-,29+,33-/m1/s1. The zero-order valence-corrected chi connectivity index (χ0v) is 24.9. The van der Waals surface area contributed by atoms with Crippen LogP contribution in [0.1, 0.15) is 31.4 Å². The van der Waals surface area contributed by atoms with Gasteiger partial charge in [0.25, 0.3) is 5.91 Å². The number of para-hydroxylation sites is 1. The first-order valence-electron chi connectivity index (χ1n) is 14.8. The number of aliphatic hydroxyl groups excluding tert-OH is 1. The van der Waals surface area contributed by atoms with Crippen LogP contribution in [-0.4, -0.2) is 77.2 Å². The van der Waals surface area contributed by atoms with Gasteiger partial charge in [-0.15, -0.1) is 0 Å². The predicted octanol–water partition coefficient (Wildman–Crippen LogP) is 2.96. The van der Waals surface area contributed by atoms with Crippen molar-refractivity contribution in [3.63, 3.8) is 0 Å². The third kappa shape index (κ3) is 5.10. The van der Waals surface area contributed by atoms with Crippen molar-refractivity contribution in [1.29, 1.82) is 0 Å². The van der Waals surface area contributed by atoms with Crippen molar-refractivity contribution >= 4 is 41.0 Å². The Morgan fingerprint density at radius 1 is 1.05 bits per heavy atom. The monoisotopic (exact) mass is 619 g/mol. The van der Waals surface area contributed by atoms with Crippen LogP contribution in [-0.2, 0) is 28.7 Å². The first kappa shape index (κ1) is 30.1. The Labute approximate surface area is 260 Å². The van der Waals surface area contributed by atoms with E-state index >= 15 is 0 Å². The summed E-state index contributed by atoms with van der Waals surface area (Å²) < 4.78 is 12.2. The van der Waals surface area contributed by atoms with E-state index in [1.54, 1.807) is 55.5 Å². The summed E-state index contributed by atoms with van der Waals surface area (Å²) in [5.74, 6) is -3.83. The molecule has 10 nitrogen and oxygen atoms in total. The molecule has 44 heavy (non-hydrogen) atoms. The van der Waals surface area contributed by atoms with E-state index in [4.69, 9.17) is 21.1 Å². The third-order valence-corrected chi connectivity index (χ3v) is 9.21. The van der Waals surface area contributed by atoms with Crippen LogP contribution in [0.3, 0.4) is 0 Å². The van der Waals surface area contributed by atoms with Gasteiger partial charge in [0, 0.05) is 13.0 Å². The van der Waals surface area contributed by atoms with Gasteiger partial charge in [-0.25, -0.2) is 0 Å². The van der Waals surface area contributed by atoms with Crippen LogP contribution < -0.4 is 10.2 Å². The summed E-state index contributed by atoms with van der Waals surface area (Å²) in [5, 5.41) is 13.6. The molecule has 4 aliphatic heterocycles. The minimum Gasteiger partial charge on any atom is -0.463 e. The number of carbonyl (C=O) groups excluding carboxylic acids is 4. The number of carbonyl (C=O) groups is 4. The van der Waals surface area contributed by atoms with E-state index in [2.05, 4.69) is 5.32 Å². The lowest BCUT2D eigenvalue weighted by atomic mass is 9.77. The van der Waals surface area contributed by atoms with E-state index < -0.39 is 72.0 Å². The van der Waals surface area contributed by atoms with Crippen molar-refractivity contribution < 1.29 is 33.8 Å². The summed E-state index contributed by atoms with van der Waals surface area (Å²) in [6, 6.07) is 13.5. The topological polar surface area (TPSA) is 125 Å². The molecule has 2 aromatic rings. The zero-order valence-electron chi connectivity index (χ0n) is 24.2. The van der Waals surface area contributed by atoms with Crippen LogP contribution in [0.4, 0.5) is 5.69 Å². The molecule has 0 unspecified atom stereocenters. The maximum Gasteiger partial charge on any atom is 0.306 e. The Bertz CT molecular complexity index is 1510. The van der Waals surface area contributed by atoms with Crippen LogP contribution >= 0.6 is 11.6 Å². The molecule has 0 bridgehead atoms. The van der Waals surface area contributed by atoms with E-state index in [1.165, 1.54) is 9.80 Å². The Balaban J connectivity index is 1.45. The number of hydrogen-bond donors (Lipinski definition) is 2. The Morgan fingerprint density at radius 3 is 2.55 bits per heavy atom. The van der Waals surface area contributed by atoms with Crippen molar-refractivity contribution in [1.82, 2.24) is 10.2 Å². The molecular formula is C33H34ClN3O7. The van der Waals surface area contributed by atoms with Crippen LogP contribution in [0.25, 0.3) is 0 Å². The maximum atomic E-state index is 14.5. The number of cyclic esters (lactones) is 1. The molecule has 230 valence electrons. The molecule has 3 amide bonds. The summed E-state index contributed by atoms with van der Waals surface area (Å²) in [6.45, 7) is 1.35. The molecule has 7 atom stereocenters. The van der Waals surface area contributed by atoms with Gasteiger partial charge in [0.15, 0.2) is 0 Å². The summed E-state index contributed by atoms with van der Waals surface area (Å²) in [5.41, 5.74) is -0.289. The fourth-order valence-electron chi connectivity index (χ4n) is 6.83. The zero-order chi connectivity index (χ0) is 31.0. The van der Waals surface area contributed by atoms with Crippen molar-refractivity contribution in [2.24, 2.45) is 11.8 Å². The lowest BCUT2D eigenvalue weighted by Crippen LogP contribution is -2.57. The van der Waals surface area contributed by atoms with Gasteiger partial charge in [-0.05, 0) is 31.0 Å². The number of likely N-dealkylation sites (tertiary alicyclic amines) is 1. The molecule has 0 aliphatic carbocycles. The highest BCUT2D eigenvalue weighted by Crippen LogP contribution is 2.53. The highest BCUT2D eigenvalue weighted by atomic mass is 35.5. The summed E-state index contributed by atoms with van der Waals surface area (Å²) in [4.78, 5) is 58.5.